The van der Waals surface area contributed by atoms with Crippen LogP contribution in [0.1, 0.15) is 49.3 Å². The zero-order chi connectivity index (χ0) is 21.4. The van der Waals surface area contributed by atoms with Crippen molar-refractivity contribution in [2.75, 3.05) is 19.5 Å². The summed E-state index contributed by atoms with van der Waals surface area (Å²) >= 11 is 0. The smallest absolute Gasteiger partial charge is 0.328 e. The van der Waals surface area contributed by atoms with Gasteiger partial charge in [0.25, 0.3) is 0 Å². The van der Waals surface area contributed by atoms with Gasteiger partial charge in [0.1, 0.15) is 0 Å². The number of methoxy groups -OCH3 is 2. The average molecular weight is 397 g/mol. The Morgan fingerprint density at radius 1 is 1.07 bits per heavy atom. The lowest BCUT2D eigenvalue weighted by atomic mass is 9.91. The van der Waals surface area contributed by atoms with Crippen molar-refractivity contribution in [2.24, 2.45) is 0 Å². The van der Waals surface area contributed by atoms with Gasteiger partial charge in [-0.2, -0.15) is 0 Å². The topological polar surface area (TPSA) is 84.9 Å². The van der Waals surface area contributed by atoms with E-state index in [2.05, 4.69) is 12.2 Å². The number of nitrogens with one attached hydrogen (secondary N) is 1. The largest absolute Gasteiger partial charge is 0.493 e. The molecule has 29 heavy (non-hydrogen) atoms. The van der Waals surface area contributed by atoms with E-state index >= 15 is 0 Å². The van der Waals surface area contributed by atoms with Crippen LogP contribution in [-0.4, -0.2) is 31.2 Å². The lowest BCUT2D eigenvalue weighted by Gasteiger charge is -2.18. The summed E-state index contributed by atoms with van der Waals surface area (Å²) in [6.45, 7) is 3.99. The minimum Gasteiger partial charge on any atom is -0.493 e. The number of hydrogen-bond donors (Lipinski definition) is 2. The molecule has 0 heterocycles. The molecule has 0 aliphatic heterocycles. The van der Waals surface area contributed by atoms with E-state index < -0.39 is 5.97 Å². The molecule has 2 aromatic rings. The Hall–Kier alpha value is -3.28. The number of hydrogen-bond acceptors (Lipinski definition) is 4. The molecule has 2 aromatic carbocycles. The second-order valence-electron chi connectivity index (χ2n) is 6.65. The highest BCUT2D eigenvalue weighted by Crippen LogP contribution is 2.34. The van der Waals surface area contributed by atoms with E-state index in [1.54, 1.807) is 14.2 Å². The molecule has 0 radical (unpaired) electrons. The lowest BCUT2D eigenvalue weighted by Crippen LogP contribution is -2.12. The summed E-state index contributed by atoms with van der Waals surface area (Å²) in [4.78, 5) is 23.0. The summed E-state index contributed by atoms with van der Waals surface area (Å²) in [7, 11) is 3.19. The molecular weight excluding hydrogens is 370 g/mol. The molecular formula is C23H27NO5. The fourth-order valence-corrected chi connectivity index (χ4v) is 3.01. The number of anilines is 1. The Morgan fingerprint density at radius 3 is 2.34 bits per heavy atom. The minimum absolute atomic E-state index is 0.0223. The first-order valence-corrected chi connectivity index (χ1v) is 9.46. The first kappa shape index (κ1) is 22.0. The van der Waals surface area contributed by atoms with Gasteiger partial charge < -0.3 is 19.9 Å². The summed E-state index contributed by atoms with van der Waals surface area (Å²) in [5.41, 5.74) is 3.24. The molecule has 0 fully saturated rings. The van der Waals surface area contributed by atoms with Crippen LogP contribution >= 0.6 is 0 Å². The molecule has 6 heteroatoms. The summed E-state index contributed by atoms with van der Waals surface area (Å²) in [5.74, 6) is 0.181. The van der Waals surface area contributed by atoms with Gasteiger partial charge in [-0.15, -0.1) is 0 Å². The molecule has 2 N–H and O–H groups in total. The first-order chi connectivity index (χ1) is 13.9. The Labute approximate surface area is 171 Å². The molecule has 0 saturated heterocycles. The van der Waals surface area contributed by atoms with Crippen LogP contribution in [-0.2, 0) is 9.59 Å². The molecule has 1 amide bonds. The molecule has 2 rings (SSSR count). The Kier molecular flexibility index (Phi) is 7.83. The number of carboxylic acid groups (broad SMARTS) is 1. The van der Waals surface area contributed by atoms with Crippen molar-refractivity contribution in [1.82, 2.24) is 0 Å². The SMILES string of the molecule is CCCC(=O)Nc1cc(C(C)c2ccc(OC)c(OC)c2)ccc1C=CC(=O)O. The highest BCUT2D eigenvalue weighted by atomic mass is 16.5. The number of carbonyl (C=O) groups is 2. The number of ether oxygens (including phenoxy) is 2. The monoisotopic (exact) mass is 397 g/mol. The van der Waals surface area contributed by atoms with Gasteiger partial charge in [-0.3, -0.25) is 4.79 Å². The van der Waals surface area contributed by atoms with Crippen LogP contribution in [0.2, 0.25) is 0 Å². The normalized spacial score (nSPS) is 11.9. The van der Waals surface area contributed by atoms with Crippen molar-refractivity contribution < 1.29 is 24.2 Å². The fraction of sp³-hybridized carbons (Fsp3) is 0.304. The zero-order valence-electron chi connectivity index (χ0n) is 17.2. The van der Waals surface area contributed by atoms with Crippen LogP contribution in [0.4, 0.5) is 5.69 Å². The third-order valence-electron chi connectivity index (χ3n) is 4.64. The van der Waals surface area contributed by atoms with Gasteiger partial charge in [-0.1, -0.05) is 32.0 Å². The summed E-state index contributed by atoms with van der Waals surface area (Å²) in [6.07, 6.45) is 3.67. The van der Waals surface area contributed by atoms with Crippen LogP contribution in [0.3, 0.4) is 0 Å². The maximum Gasteiger partial charge on any atom is 0.328 e. The van der Waals surface area contributed by atoms with Crippen molar-refractivity contribution in [1.29, 1.82) is 0 Å². The standard InChI is InChI=1S/C23H27NO5/c1-5-6-22(25)24-19-13-17(8-7-16(19)10-12-23(26)27)15(2)18-9-11-20(28-3)21(14-18)29-4/h7-15H,5-6H2,1-4H3,(H,24,25)(H,26,27). The van der Waals surface area contributed by atoms with Gasteiger partial charge in [0, 0.05) is 24.1 Å². The van der Waals surface area contributed by atoms with E-state index in [1.807, 2.05) is 43.3 Å². The van der Waals surface area contributed by atoms with Gasteiger partial charge in [0.2, 0.25) is 5.91 Å². The molecule has 1 unspecified atom stereocenters. The summed E-state index contributed by atoms with van der Waals surface area (Å²) in [6, 6.07) is 11.4. The van der Waals surface area contributed by atoms with Crippen LogP contribution in [0.5, 0.6) is 11.5 Å². The van der Waals surface area contributed by atoms with E-state index in [9.17, 15) is 9.59 Å². The Morgan fingerprint density at radius 2 is 1.72 bits per heavy atom. The summed E-state index contributed by atoms with van der Waals surface area (Å²) < 4.78 is 10.7. The molecule has 0 aliphatic rings. The third-order valence-corrected chi connectivity index (χ3v) is 4.64. The molecule has 1 atom stereocenters. The van der Waals surface area contributed by atoms with Crippen molar-refractivity contribution in [3.8, 4) is 11.5 Å². The number of carboxylic acids is 1. The lowest BCUT2D eigenvalue weighted by molar-refractivity contribution is -0.131. The van der Waals surface area contributed by atoms with E-state index in [4.69, 9.17) is 14.6 Å². The molecule has 0 bridgehead atoms. The van der Waals surface area contributed by atoms with Crippen LogP contribution in [0.25, 0.3) is 6.08 Å². The second-order valence-corrected chi connectivity index (χ2v) is 6.65. The zero-order valence-corrected chi connectivity index (χ0v) is 17.2. The second kappa shape index (κ2) is 10.3. The van der Waals surface area contributed by atoms with Gasteiger partial charge in [0.05, 0.1) is 14.2 Å². The molecule has 0 saturated carbocycles. The number of amides is 1. The molecule has 0 aromatic heterocycles. The highest BCUT2D eigenvalue weighted by Gasteiger charge is 2.15. The fourth-order valence-electron chi connectivity index (χ4n) is 3.01. The van der Waals surface area contributed by atoms with Crippen LogP contribution in [0, 0.1) is 0 Å². The van der Waals surface area contributed by atoms with Gasteiger partial charge in [-0.25, -0.2) is 4.79 Å². The molecule has 0 aliphatic carbocycles. The Balaban J connectivity index is 2.41. The van der Waals surface area contributed by atoms with E-state index in [1.165, 1.54) is 6.08 Å². The average Bonchev–Trinajstić information content (AvgIpc) is 2.71. The molecule has 6 nitrogen and oxygen atoms in total. The van der Waals surface area contributed by atoms with Crippen molar-refractivity contribution in [2.45, 2.75) is 32.6 Å². The number of rotatable bonds is 9. The van der Waals surface area contributed by atoms with Gasteiger partial charge in [0.15, 0.2) is 11.5 Å². The van der Waals surface area contributed by atoms with Gasteiger partial charge >= 0.3 is 5.97 Å². The van der Waals surface area contributed by atoms with Gasteiger partial charge in [-0.05, 0) is 47.4 Å². The van der Waals surface area contributed by atoms with Crippen LogP contribution in [0.15, 0.2) is 42.5 Å². The summed E-state index contributed by atoms with van der Waals surface area (Å²) in [5, 5.41) is 11.8. The predicted octanol–water partition coefficient (Wildman–Crippen LogP) is 4.69. The number of aliphatic carboxylic acids is 1. The van der Waals surface area contributed by atoms with E-state index in [-0.39, 0.29) is 11.8 Å². The maximum absolute atomic E-state index is 12.1. The van der Waals surface area contributed by atoms with E-state index in [0.717, 1.165) is 23.6 Å². The van der Waals surface area contributed by atoms with Crippen molar-refractivity contribution in [3.05, 3.63) is 59.2 Å². The first-order valence-electron chi connectivity index (χ1n) is 9.46. The highest BCUT2D eigenvalue weighted by molar-refractivity contribution is 5.94. The maximum atomic E-state index is 12.1. The predicted molar refractivity (Wildman–Crippen MR) is 114 cm³/mol. The quantitative estimate of drug-likeness (QED) is 0.600. The molecule has 154 valence electrons. The third kappa shape index (κ3) is 5.85. The Bertz CT molecular complexity index is 904. The van der Waals surface area contributed by atoms with Crippen molar-refractivity contribution >= 4 is 23.6 Å². The van der Waals surface area contributed by atoms with E-state index in [0.29, 0.717) is 29.2 Å². The number of benzene rings is 2. The van der Waals surface area contributed by atoms with Crippen molar-refractivity contribution in [3.63, 3.8) is 0 Å². The molecule has 0 spiro atoms. The number of carbonyl (C=O) groups excluding carboxylic acids is 1. The minimum atomic E-state index is -1.04. The van der Waals surface area contributed by atoms with Crippen LogP contribution < -0.4 is 14.8 Å².